The van der Waals surface area contributed by atoms with Crippen LogP contribution in [0.3, 0.4) is 0 Å². The SMILES string of the molecule is CCCCCCCCN(C(=O)CON=Cc1cc(Br)ccc1O)c1ccccc1. The molecule has 5 nitrogen and oxygen atoms in total. The Morgan fingerprint density at radius 3 is 2.59 bits per heavy atom. The van der Waals surface area contributed by atoms with Crippen molar-refractivity contribution in [3.05, 3.63) is 58.6 Å². The van der Waals surface area contributed by atoms with E-state index >= 15 is 0 Å². The standard InChI is InChI=1S/C23H29BrN2O3/c1-2-3-4-5-6-10-15-26(21-11-8-7-9-12-21)23(28)18-29-25-17-19-16-20(24)13-14-22(19)27/h7-9,11-14,16-17,27H,2-6,10,15,18H2,1H3. The van der Waals surface area contributed by atoms with E-state index in [2.05, 4.69) is 28.0 Å². The third-order valence-corrected chi connectivity index (χ3v) is 5.04. The highest BCUT2D eigenvalue weighted by atomic mass is 79.9. The zero-order valence-electron chi connectivity index (χ0n) is 16.9. The minimum Gasteiger partial charge on any atom is -0.507 e. The van der Waals surface area contributed by atoms with Crippen molar-refractivity contribution in [2.24, 2.45) is 5.16 Å². The molecular weight excluding hydrogens is 432 g/mol. The summed E-state index contributed by atoms with van der Waals surface area (Å²) in [5.74, 6) is -0.0405. The minimum atomic E-state index is -0.157. The van der Waals surface area contributed by atoms with Crippen LogP contribution in [0.1, 0.15) is 51.0 Å². The second-order valence-corrected chi connectivity index (χ2v) is 7.78. The van der Waals surface area contributed by atoms with Gasteiger partial charge in [0.05, 0.1) is 6.21 Å². The van der Waals surface area contributed by atoms with Crippen LogP contribution in [-0.4, -0.2) is 30.4 Å². The zero-order valence-corrected chi connectivity index (χ0v) is 18.5. The molecule has 0 saturated heterocycles. The van der Waals surface area contributed by atoms with Gasteiger partial charge in [0.2, 0.25) is 0 Å². The Hall–Kier alpha value is -2.34. The Labute approximate surface area is 181 Å². The Balaban J connectivity index is 1.89. The monoisotopic (exact) mass is 460 g/mol. The van der Waals surface area contributed by atoms with E-state index in [4.69, 9.17) is 4.84 Å². The summed E-state index contributed by atoms with van der Waals surface area (Å²) in [7, 11) is 0. The van der Waals surface area contributed by atoms with Gasteiger partial charge in [-0.05, 0) is 36.8 Å². The molecule has 6 heteroatoms. The number of anilines is 1. The average molecular weight is 461 g/mol. The Kier molecular flexibility index (Phi) is 10.3. The van der Waals surface area contributed by atoms with Gasteiger partial charge in [-0.25, -0.2) is 0 Å². The molecule has 0 spiro atoms. The van der Waals surface area contributed by atoms with Crippen LogP contribution in [0.15, 0.2) is 58.2 Å². The fourth-order valence-electron chi connectivity index (χ4n) is 2.95. The quantitative estimate of drug-likeness (QED) is 0.243. The van der Waals surface area contributed by atoms with Crippen LogP contribution >= 0.6 is 15.9 Å². The molecular formula is C23H29BrN2O3. The molecule has 0 atom stereocenters. The van der Waals surface area contributed by atoms with Crippen molar-refractivity contribution in [2.75, 3.05) is 18.1 Å². The molecule has 0 saturated carbocycles. The maximum atomic E-state index is 12.7. The van der Waals surface area contributed by atoms with Gasteiger partial charge in [-0.3, -0.25) is 4.79 Å². The van der Waals surface area contributed by atoms with Crippen LogP contribution in [0.5, 0.6) is 5.75 Å². The molecule has 1 N–H and O–H groups in total. The van der Waals surface area contributed by atoms with Crippen LogP contribution < -0.4 is 4.90 Å². The number of amides is 1. The van der Waals surface area contributed by atoms with Gasteiger partial charge in [-0.1, -0.05) is 78.3 Å². The molecule has 0 radical (unpaired) electrons. The number of rotatable bonds is 12. The highest BCUT2D eigenvalue weighted by Gasteiger charge is 2.15. The largest absolute Gasteiger partial charge is 0.507 e. The van der Waals surface area contributed by atoms with Crippen molar-refractivity contribution in [1.29, 1.82) is 0 Å². The number of halogens is 1. The van der Waals surface area contributed by atoms with E-state index in [9.17, 15) is 9.90 Å². The van der Waals surface area contributed by atoms with Gasteiger partial charge in [0.1, 0.15) is 5.75 Å². The molecule has 0 aromatic heterocycles. The number of carbonyl (C=O) groups excluding carboxylic acids is 1. The molecule has 29 heavy (non-hydrogen) atoms. The number of hydrogen-bond donors (Lipinski definition) is 1. The highest BCUT2D eigenvalue weighted by Crippen LogP contribution is 2.20. The maximum absolute atomic E-state index is 12.7. The fraction of sp³-hybridized carbons (Fsp3) is 0.391. The average Bonchev–Trinajstić information content (AvgIpc) is 2.73. The summed E-state index contributed by atoms with van der Waals surface area (Å²) < 4.78 is 0.821. The zero-order chi connectivity index (χ0) is 20.9. The normalized spacial score (nSPS) is 11.0. The highest BCUT2D eigenvalue weighted by molar-refractivity contribution is 9.10. The third-order valence-electron chi connectivity index (χ3n) is 4.55. The molecule has 2 rings (SSSR count). The third kappa shape index (κ3) is 8.28. The van der Waals surface area contributed by atoms with Crippen LogP contribution in [0.4, 0.5) is 5.69 Å². The number of phenols is 1. The van der Waals surface area contributed by atoms with Crippen molar-refractivity contribution >= 4 is 33.7 Å². The van der Waals surface area contributed by atoms with Crippen LogP contribution in [0, 0.1) is 0 Å². The summed E-state index contributed by atoms with van der Waals surface area (Å²) in [4.78, 5) is 19.7. The molecule has 0 bridgehead atoms. The van der Waals surface area contributed by atoms with E-state index in [1.807, 2.05) is 30.3 Å². The number of aromatic hydroxyl groups is 1. The maximum Gasteiger partial charge on any atom is 0.267 e. The number of nitrogens with zero attached hydrogens (tertiary/aromatic N) is 2. The molecule has 0 aliphatic rings. The number of para-hydroxylation sites is 1. The topological polar surface area (TPSA) is 62.1 Å². The smallest absolute Gasteiger partial charge is 0.267 e. The summed E-state index contributed by atoms with van der Waals surface area (Å²) in [5, 5.41) is 13.6. The van der Waals surface area contributed by atoms with E-state index in [-0.39, 0.29) is 18.3 Å². The first-order valence-electron chi connectivity index (χ1n) is 10.1. The number of hydrogen-bond acceptors (Lipinski definition) is 4. The number of oxime groups is 1. The first kappa shape index (κ1) is 22.9. The number of carbonyl (C=O) groups is 1. The summed E-state index contributed by atoms with van der Waals surface area (Å²) in [6.45, 7) is 2.71. The van der Waals surface area contributed by atoms with Crippen molar-refractivity contribution in [3.63, 3.8) is 0 Å². The van der Waals surface area contributed by atoms with Gasteiger partial charge in [0.25, 0.3) is 5.91 Å². The Morgan fingerprint density at radius 1 is 1.10 bits per heavy atom. The second kappa shape index (κ2) is 13.0. The van der Waals surface area contributed by atoms with Crippen LogP contribution in [-0.2, 0) is 9.63 Å². The summed E-state index contributed by atoms with van der Waals surface area (Å²) in [6.07, 6.45) is 8.40. The van der Waals surface area contributed by atoms with Crippen molar-refractivity contribution in [2.45, 2.75) is 45.4 Å². The van der Waals surface area contributed by atoms with Gasteiger partial charge in [-0.15, -0.1) is 0 Å². The Bertz CT molecular complexity index is 781. The first-order valence-corrected chi connectivity index (χ1v) is 10.9. The minimum absolute atomic E-state index is 0.0980. The fourth-order valence-corrected chi connectivity index (χ4v) is 3.33. The van der Waals surface area contributed by atoms with E-state index in [1.54, 1.807) is 23.1 Å². The van der Waals surface area contributed by atoms with E-state index < -0.39 is 0 Å². The second-order valence-electron chi connectivity index (χ2n) is 6.86. The predicted octanol–water partition coefficient (Wildman–Crippen LogP) is 5.90. The lowest BCUT2D eigenvalue weighted by Crippen LogP contribution is -2.34. The molecule has 0 aliphatic heterocycles. The van der Waals surface area contributed by atoms with Gasteiger partial charge < -0.3 is 14.8 Å². The number of benzene rings is 2. The van der Waals surface area contributed by atoms with Crippen molar-refractivity contribution < 1.29 is 14.7 Å². The number of phenolic OH excluding ortho intramolecular Hbond substituents is 1. The molecule has 0 aliphatic carbocycles. The van der Waals surface area contributed by atoms with E-state index in [0.29, 0.717) is 12.1 Å². The molecule has 2 aromatic carbocycles. The number of unbranched alkanes of at least 4 members (excludes halogenated alkanes) is 5. The lowest BCUT2D eigenvalue weighted by Gasteiger charge is -2.22. The molecule has 156 valence electrons. The molecule has 0 unspecified atom stereocenters. The molecule has 0 heterocycles. The van der Waals surface area contributed by atoms with Gasteiger partial charge in [0, 0.05) is 22.3 Å². The lowest BCUT2D eigenvalue weighted by molar-refractivity contribution is -0.123. The van der Waals surface area contributed by atoms with Gasteiger partial charge in [-0.2, -0.15) is 0 Å². The lowest BCUT2D eigenvalue weighted by atomic mass is 10.1. The molecule has 0 fully saturated rings. The summed E-state index contributed by atoms with van der Waals surface area (Å²) >= 11 is 3.34. The summed E-state index contributed by atoms with van der Waals surface area (Å²) in [5.41, 5.74) is 1.38. The van der Waals surface area contributed by atoms with Crippen LogP contribution in [0.25, 0.3) is 0 Å². The Morgan fingerprint density at radius 2 is 1.83 bits per heavy atom. The van der Waals surface area contributed by atoms with Crippen molar-refractivity contribution in [3.8, 4) is 5.75 Å². The first-order chi connectivity index (χ1) is 14.1. The van der Waals surface area contributed by atoms with E-state index in [1.165, 1.54) is 31.9 Å². The van der Waals surface area contributed by atoms with Crippen LogP contribution in [0.2, 0.25) is 0 Å². The molecule has 2 aromatic rings. The predicted molar refractivity (Wildman–Crippen MR) is 122 cm³/mol. The van der Waals surface area contributed by atoms with Gasteiger partial charge in [0.15, 0.2) is 6.61 Å². The summed E-state index contributed by atoms with van der Waals surface area (Å²) in [6, 6.07) is 14.7. The molecule has 1 amide bonds. The van der Waals surface area contributed by atoms with E-state index in [0.717, 1.165) is 23.0 Å². The van der Waals surface area contributed by atoms with Gasteiger partial charge >= 0.3 is 0 Å². The van der Waals surface area contributed by atoms with Crippen molar-refractivity contribution in [1.82, 2.24) is 0 Å².